The topological polar surface area (TPSA) is 93.5 Å². The van der Waals surface area contributed by atoms with E-state index in [1.54, 1.807) is 23.6 Å². The number of aromatic hydroxyl groups is 1. The van der Waals surface area contributed by atoms with Gasteiger partial charge in [0.05, 0.1) is 5.52 Å². The van der Waals surface area contributed by atoms with Crippen LogP contribution in [0.3, 0.4) is 0 Å². The van der Waals surface area contributed by atoms with E-state index >= 15 is 0 Å². The lowest BCUT2D eigenvalue weighted by Crippen LogP contribution is -2.02. The molecule has 144 valence electrons. The van der Waals surface area contributed by atoms with Gasteiger partial charge in [0.1, 0.15) is 17.2 Å². The maximum absolute atomic E-state index is 12.1. The molecule has 7 nitrogen and oxygen atoms in total. The van der Waals surface area contributed by atoms with E-state index in [4.69, 9.17) is 9.40 Å². The van der Waals surface area contributed by atoms with Crippen LogP contribution in [0, 0.1) is 13.8 Å². The van der Waals surface area contributed by atoms with Crippen molar-refractivity contribution >= 4 is 39.3 Å². The summed E-state index contributed by atoms with van der Waals surface area (Å²) >= 11 is 1.47. The van der Waals surface area contributed by atoms with Gasteiger partial charge in [-0.15, -0.1) is 5.10 Å². The van der Waals surface area contributed by atoms with E-state index < -0.39 is 5.63 Å². The van der Waals surface area contributed by atoms with Crippen molar-refractivity contribution in [1.29, 1.82) is 0 Å². The van der Waals surface area contributed by atoms with Gasteiger partial charge >= 0.3 is 5.63 Å². The molecule has 3 heterocycles. The standard InChI is InChI=1S/C21H16N4O3S/c1-11-17(26)8-7-14-13(9-18(27)28-19(11)14)10-29-21-23-16-6-4-3-5-15(16)20-22-12(2)24-25(20)21/h3-9,26H,10H2,1-2H3. The number of phenolic OH excluding ortho intramolecular Hbond substituents is 1. The highest BCUT2D eigenvalue weighted by atomic mass is 32.2. The highest BCUT2D eigenvalue weighted by molar-refractivity contribution is 7.98. The third kappa shape index (κ3) is 2.92. The smallest absolute Gasteiger partial charge is 0.336 e. The van der Waals surface area contributed by atoms with E-state index in [1.165, 1.54) is 17.8 Å². The molecular weight excluding hydrogens is 388 g/mol. The van der Waals surface area contributed by atoms with E-state index in [1.807, 2.05) is 31.2 Å². The predicted molar refractivity (Wildman–Crippen MR) is 111 cm³/mol. The summed E-state index contributed by atoms with van der Waals surface area (Å²) in [6.45, 7) is 3.57. The Kier molecular flexibility index (Phi) is 4.02. The molecule has 5 aromatic rings. The van der Waals surface area contributed by atoms with Crippen LogP contribution in [0.15, 0.2) is 56.8 Å². The molecule has 29 heavy (non-hydrogen) atoms. The van der Waals surface area contributed by atoms with Crippen LogP contribution in [-0.2, 0) is 5.75 Å². The zero-order valence-corrected chi connectivity index (χ0v) is 16.5. The normalized spacial score (nSPS) is 11.7. The first-order chi connectivity index (χ1) is 14.0. The van der Waals surface area contributed by atoms with E-state index in [0.717, 1.165) is 27.5 Å². The minimum atomic E-state index is -0.449. The van der Waals surface area contributed by atoms with Crippen LogP contribution in [0.25, 0.3) is 27.5 Å². The Morgan fingerprint density at radius 1 is 1.10 bits per heavy atom. The fraction of sp³-hybridized carbons (Fsp3) is 0.143. The molecule has 0 radical (unpaired) electrons. The maximum atomic E-state index is 12.1. The highest BCUT2D eigenvalue weighted by Crippen LogP contribution is 2.31. The molecule has 8 heteroatoms. The molecular formula is C21H16N4O3S. The Bertz CT molecular complexity index is 1470. The number of phenols is 1. The van der Waals surface area contributed by atoms with Gasteiger partial charge in [-0.25, -0.2) is 14.8 Å². The second-order valence-corrected chi connectivity index (χ2v) is 7.71. The lowest BCUT2D eigenvalue weighted by atomic mass is 10.1. The van der Waals surface area contributed by atoms with Crippen LogP contribution >= 0.6 is 11.8 Å². The molecule has 0 bridgehead atoms. The van der Waals surface area contributed by atoms with Crippen molar-refractivity contribution in [3.8, 4) is 5.75 Å². The number of rotatable bonds is 3. The molecule has 0 aliphatic heterocycles. The first-order valence-electron chi connectivity index (χ1n) is 9.01. The van der Waals surface area contributed by atoms with Gasteiger partial charge in [-0.2, -0.15) is 4.52 Å². The molecule has 0 fully saturated rings. The van der Waals surface area contributed by atoms with Gasteiger partial charge in [-0.05, 0) is 43.7 Å². The number of benzene rings is 2. The number of nitrogens with zero attached hydrogens (tertiary/aromatic N) is 4. The SMILES string of the molecule is Cc1nc2c3ccccc3nc(SCc3cc(=O)oc4c(C)c(O)ccc34)n2n1. The number of hydrogen-bond acceptors (Lipinski definition) is 7. The Balaban J connectivity index is 1.62. The Morgan fingerprint density at radius 3 is 2.79 bits per heavy atom. The fourth-order valence-electron chi connectivity index (χ4n) is 3.40. The van der Waals surface area contributed by atoms with E-state index in [-0.39, 0.29) is 5.75 Å². The minimum absolute atomic E-state index is 0.0986. The summed E-state index contributed by atoms with van der Waals surface area (Å²) < 4.78 is 7.07. The first-order valence-corrected chi connectivity index (χ1v) is 10.00. The van der Waals surface area contributed by atoms with Crippen LogP contribution in [0.4, 0.5) is 0 Å². The second kappa shape index (κ2) is 6.59. The molecule has 2 aromatic carbocycles. The van der Waals surface area contributed by atoms with Crippen LogP contribution < -0.4 is 5.63 Å². The molecule has 0 unspecified atom stereocenters. The fourth-order valence-corrected chi connectivity index (χ4v) is 4.34. The molecule has 0 amide bonds. The van der Waals surface area contributed by atoms with Crippen molar-refractivity contribution in [1.82, 2.24) is 19.6 Å². The molecule has 0 spiro atoms. The number of fused-ring (bicyclic) bond motifs is 4. The monoisotopic (exact) mass is 404 g/mol. The van der Waals surface area contributed by atoms with Gasteiger partial charge in [0, 0.05) is 28.2 Å². The molecule has 0 saturated carbocycles. The summed E-state index contributed by atoms with van der Waals surface area (Å²) in [5.74, 6) is 1.26. The number of thioether (sulfide) groups is 1. The zero-order valence-electron chi connectivity index (χ0n) is 15.7. The number of aromatic nitrogens is 4. The van der Waals surface area contributed by atoms with Crippen molar-refractivity contribution in [2.75, 3.05) is 0 Å². The van der Waals surface area contributed by atoms with Gasteiger partial charge in [0.25, 0.3) is 0 Å². The lowest BCUT2D eigenvalue weighted by molar-refractivity contribution is 0.468. The summed E-state index contributed by atoms with van der Waals surface area (Å²) in [5, 5.41) is 16.8. The summed E-state index contributed by atoms with van der Waals surface area (Å²) in [4.78, 5) is 21.4. The van der Waals surface area contributed by atoms with Gasteiger partial charge in [-0.3, -0.25) is 0 Å². The van der Waals surface area contributed by atoms with Crippen molar-refractivity contribution in [2.45, 2.75) is 24.8 Å². The first kappa shape index (κ1) is 17.7. The molecule has 1 N–H and O–H groups in total. The van der Waals surface area contributed by atoms with Gasteiger partial charge in [0.2, 0.25) is 0 Å². The molecule has 0 saturated heterocycles. The summed E-state index contributed by atoms with van der Waals surface area (Å²) in [6, 6.07) is 12.7. The largest absolute Gasteiger partial charge is 0.508 e. The molecule has 0 aliphatic carbocycles. The third-order valence-electron chi connectivity index (χ3n) is 4.83. The highest BCUT2D eigenvalue weighted by Gasteiger charge is 2.15. The zero-order chi connectivity index (χ0) is 20.1. The van der Waals surface area contributed by atoms with Crippen molar-refractivity contribution < 1.29 is 9.52 Å². The van der Waals surface area contributed by atoms with E-state index in [2.05, 4.69) is 10.1 Å². The predicted octanol–water partition coefficient (Wildman–Crippen LogP) is 4.00. The van der Waals surface area contributed by atoms with Crippen molar-refractivity contribution in [2.24, 2.45) is 0 Å². The molecule has 0 atom stereocenters. The average molecular weight is 404 g/mol. The lowest BCUT2D eigenvalue weighted by Gasteiger charge is -2.09. The molecule has 5 rings (SSSR count). The summed E-state index contributed by atoms with van der Waals surface area (Å²) in [5.41, 5.74) is 2.91. The quantitative estimate of drug-likeness (QED) is 0.276. The third-order valence-corrected chi connectivity index (χ3v) is 5.81. The Labute approximate surface area is 169 Å². The average Bonchev–Trinajstić information content (AvgIpc) is 3.11. The van der Waals surface area contributed by atoms with Crippen LogP contribution in [0.5, 0.6) is 5.75 Å². The maximum Gasteiger partial charge on any atom is 0.336 e. The Hall–Kier alpha value is -3.39. The van der Waals surface area contributed by atoms with Gasteiger partial charge < -0.3 is 9.52 Å². The van der Waals surface area contributed by atoms with Gasteiger partial charge in [0.15, 0.2) is 10.8 Å². The van der Waals surface area contributed by atoms with Crippen LogP contribution in [0.1, 0.15) is 17.0 Å². The summed E-state index contributed by atoms with van der Waals surface area (Å²) in [6.07, 6.45) is 0. The second-order valence-electron chi connectivity index (χ2n) is 6.77. The molecule has 0 aliphatic rings. The van der Waals surface area contributed by atoms with E-state index in [0.29, 0.717) is 27.9 Å². The molecule has 3 aromatic heterocycles. The Morgan fingerprint density at radius 2 is 1.93 bits per heavy atom. The van der Waals surface area contributed by atoms with Gasteiger partial charge in [-0.1, -0.05) is 23.9 Å². The van der Waals surface area contributed by atoms with E-state index in [9.17, 15) is 9.90 Å². The minimum Gasteiger partial charge on any atom is -0.508 e. The van der Waals surface area contributed by atoms with Crippen LogP contribution in [-0.4, -0.2) is 24.7 Å². The number of para-hydroxylation sites is 1. The summed E-state index contributed by atoms with van der Waals surface area (Å²) in [7, 11) is 0. The van der Waals surface area contributed by atoms with Crippen LogP contribution in [0.2, 0.25) is 0 Å². The van der Waals surface area contributed by atoms with Crippen molar-refractivity contribution in [3.63, 3.8) is 0 Å². The van der Waals surface area contributed by atoms with Crippen molar-refractivity contribution in [3.05, 3.63) is 69.8 Å². The number of aryl methyl sites for hydroxylation is 2. The number of hydrogen-bond donors (Lipinski definition) is 1.